The smallest absolute Gasteiger partial charge is 0 e. The molecule has 0 amide bonds. The SMILES string of the molecule is CC(C)(C)c1cc([CH]=[Co]2[NH]C3CCCCC3[NH]2)c(O)c(C(C)(C)C)c1.[I]. The fourth-order valence-corrected chi connectivity index (χ4v) is 5.91. The molecule has 3 nitrogen and oxygen atoms in total. The number of rotatable bonds is 1. The first-order chi connectivity index (χ1) is 11.6. The van der Waals surface area contributed by atoms with Crippen LogP contribution >= 0.6 is 24.0 Å². The summed E-state index contributed by atoms with van der Waals surface area (Å²) in [4.78, 5) is 2.24. The molecule has 150 valence electrons. The van der Waals surface area contributed by atoms with Crippen molar-refractivity contribution in [1.29, 1.82) is 0 Å². The second-order valence-electron chi connectivity index (χ2n) is 9.52. The Morgan fingerprint density at radius 3 is 1.96 bits per heavy atom. The van der Waals surface area contributed by atoms with E-state index >= 15 is 0 Å². The largest absolute Gasteiger partial charge is 0 e. The Bertz CT molecular complexity index is 672. The Morgan fingerprint density at radius 2 is 1.50 bits per heavy atom. The Hall–Kier alpha value is 0.0465. The molecule has 1 aromatic carbocycles. The fraction of sp³-hybridized carbons (Fsp3) is 0.667. The molecule has 3 N–H and O–H groups in total. The van der Waals surface area contributed by atoms with E-state index in [4.69, 9.17) is 0 Å². The third kappa shape index (κ3) is 4.90. The molecule has 0 spiro atoms. The maximum atomic E-state index is 11.0. The molecule has 2 fully saturated rings. The summed E-state index contributed by atoms with van der Waals surface area (Å²) in [5.74, 6) is 0.445. The average molecular weight is 516 g/mol. The van der Waals surface area contributed by atoms with Crippen LogP contribution in [0.1, 0.15) is 83.9 Å². The van der Waals surface area contributed by atoms with Gasteiger partial charge in [-0.25, -0.2) is 0 Å². The summed E-state index contributed by atoms with van der Waals surface area (Å²) >= 11 is -0.544. The van der Waals surface area contributed by atoms with Gasteiger partial charge in [-0.15, -0.1) is 0 Å². The number of halogens is 1. The molecule has 1 aliphatic heterocycles. The molecule has 3 rings (SSSR count). The summed E-state index contributed by atoms with van der Waals surface area (Å²) in [6.45, 7) is 13.2. The van der Waals surface area contributed by atoms with E-state index < -0.39 is 13.7 Å². The van der Waals surface area contributed by atoms with Crippen LogP contribution in [0.25, 0.3) is 0 Å². The van der Waals surface area contributed by atoms with E-state index in [2.05, 4.69) is 67.4 Å². The van der Waals surface area contributed by atoms with Crippen molar-refractivity contribution in [2.45, 2.75) is 90.1 Å². The van der Waals surface area contributed by atoms with Crippen molar-refractivity contribution in [3.05, 3.63) is 28.8 Å². The number of aromatic hydroxyl groups is 1. The van der Waals surface area contributed by atoms with Crippen LogP contribution in [-0.4, -0.2) is 22.1 Å². The average Bonchev–Trinajstić information content (AvgIpc) is 2.89. The normalized spacial score (nSPS) is 24.8. The first-order valence-corrected chi connectivity index (χ1v) is 11.1. The zero-order chi connectivity index (χ0) is 18.4. The molecule has 1 saturated carbocycles. The van der Waals surface area contributed by atoms with Gasteiger partial charge < -0.3 is 0 Å². The summed E-state index contributed by atoms with van der Waals surface area (Å²) in [6, 6.07) is 5.57. The second kappa shape index (κ2) is 8.19. The van der Waals surface area contributed by atoms with Crippen LogP contribution in [0.3, 0.4) is 0 Å². The number of hydrogen-bond donors (Lipinski definition) is 3. The van der Waals surface area contributed by atoms with E-state index in [1.54, 1.807) is 0 Å². The molecule has 2 unspecified atom stereocenters. The van der Waals surface area contributed by atoms with Gasteiger partial charge in [0.1, 0.15) is 0 Å². The van der Waals surface area contributed by atoms with Gasteiger partial charge in [0.25, 0.3) is 0 Å². The van der Waals surface area contributed by atoms with E-state index in [-0.39, 0.29) is 34.8 Å². The first kappa shape index (κ1) is 22.3. The van der Waals surface area contributed by atoms with Crippen LogP contribution in [0.5, 0.6) is 5.75 Å². The van der Waals surface area contributed by atoms with Gasteiger partial charge in [-0.2, -0.15) is 0 Å². The first-order valence-electron chi connectivity index (χ1n) is 9.42. The molecule has 1 radical (unpaired) electrons. The fourth-order valence-electron chi connectivity index (χ4n) is 3.55. The standard InChI is InChI=1S/C15H22O.C6H12N2.Co.I/c1-10-8-11(14(2,3)4)9-12(13(10)16)15(5,6)7;7-5-3-1-2-4-6(5)8;;/h1,8-9,16H,2-7H3;5-8H,1-4H2;;/q;-2;+2;. The van der Waals surface area contributed by atoms with Gasteiger partial charge in [-0.1, -0.05) is 0 Å². The van der Waals surface area contributed by atoms with Crippen molar-refractivity contribution in [3.63, 3.8) is 0 Å². The molecule has 1 saturated heterocycles. The molecule has 5 heteroatoms. The molecular weight excluding hydrogens is 482 g/mol. The van der Waals surface area contributed by atoms with E-state index in [0.717, 1.165) is 11.1 Å². The van der Waals surface area contributed by atoms with Crippen molar-refractivity contribution in [2.75, 3.05) is 0 Å². The van der Waals surface area contributed by atoms with Gasteiger partial charge in [0.05, 0.1) is 0 Å². The molecule has 0 bridgehead atoms. The van der Waals surface area contributed by atoms with Crippen LogP contribution in [0, 0.1) is 0 Å². The predicted molar refractivity (Wildman–Crippen MR) is 117 cm³/mol. The summed E-state index contributed by atoms with van der Waals surface area (Å²) in [5.41, 5.74) is 3.28. The number of phenolic OH excluding ortho intramolecular Hbond substituents is 1. The van der Waals surface area contributed by atoms with Gasteiger partial charge in [-0.05, 0) is 0 Å². The zero-order valence-corrected chi connectivity index (χ0v) is 20.1. The maximum absolute atomic E-state index is 11.0. The number of phenols is 1. The molecule has 1 aromatic rings. The molecular formula is C21H34CoIN2O. The van der Waals surface area contributed by atoms with Crippen LogP contribution < -0.4 is 8.73 Å². The predicted octanol–water partition coefficient (Wildman–Crippen LogP) is 4.98. The van der Waals surface area contributed by atoms with Gasteiger partial charge in [0, 0.05) is 24.0 Å². The molecule has 0 aromatic heterocycles. The minimum Gasteiger partial charge on any atom is 0 e. The number of fused-ring (bicyclic) bond motifs is 1. The van der Waals surface area contributed by atoms with Crippen molar-refractivity contribution in [2.24, 2.45) is 0 Å². The van der Waals surface area contributed by atoms with Gasteiger partial charge in [0.15, 0.2) is 0 Å². The van der Waals surface area contributed by atoms with E-state index in [1.165, 1.54) is 31.2 Å². The molecule has 2 atom stereocenters. The van der Waals surface area contributed by atoms with E-state index in [0.29, 0.717) is 17.8 Å². The molecule has 2 aliphatic rings. The quantitative estimate of drug-likeness (QED) is 0.462. The minimum atomic E-state index is -0.544. The maximum Gasteiger partial charge on any atom is 0 e. The second-order valence-corrected chi connectivity index (χ2v) is 11.3. The number of nitrogens with one attached hydrogen (secondary N) is 2. The Labute approximate surface area is 180 Å². The van der Waals surface area contributed by atoms with Crippen molar-refractivity contribution in [1.82, 2.24) is 8.73 Å². The topological polar surface area (TPSA) is 44.3 Å². The van der Waals surface area contributed by atoms with Gasteiger partial charge in [0.2, 0.25) is 0 Å². The van der Waals surface area contributed by atoms with Gasteiger partial charge in [-0.3, -0.25) is 0 Å². The van der Waals surface area contributed by atoms with Crippen LogP contribution in [0.4, 0.5) is 0 Å². The van der Waals surface area contributed by atoms with E-state index in [1.807, 2.05) is 0 Å². The molecule has 1 heterocycles. The van der Waals surface area contributed by atoms with Crippen LogP contribution in [-0.2, 0) is 24.5 Å². The third-order valence-electron chi connectivity index (χ3n) is 5.23. The van der Waals surface area contributed by atoms with E-state index in [9.17, 15) is 5.11 Å². The van der Waals surface area contributed by atoms with Crippen molar-refractivity contribution >= 4 is 28.9 Å². The summed E-state index contributed by atoms with van der Waals surface area (Å²) in [6.07, 6.45) is 5.20. The Morgan fingerprint density at radius 1 is 0.962 bits per heavy atom. The Balaban J connectivity index is 0.00000243. The minimum absolute atomic E-state index is 0. The zero-order valence-electron chi connectivity index (χ0n) is 16.9. The molecule has 26 heavy (non-hydrogen) atoms. The number of hydrogen-bond acceptors (Lipinski definition) is 3. The van der Waals surface area contributed by atoms with Crippen molar-refractivity contribution < 1.29 is 18.8 Å². The van der Waals surface area contributed by atoms with Crippen LogP contribution in [0.2, 0.25) is 0 Å². The number of benzene rings is 1. The summed E-state index contributed by atoms with van der Waals surface area (Å²) in [5, 5.41) is 11.0. The monoisotopic (exact) mass is 516 g/mol. The Kier molecular flexibility index (Phi) is 7.04. The summed E-state index contributed by atoms with van der Waals surface area (Å²) in [7, 11) is 0. The molecule has 1 aliphatic carbocycles. The third-order valence-corrected chi connectivity index (χ3v) is 7.28. The van der Waals surface area contributed by atoms with Crippen molar-refractivity contribution in [3.8, 4) is 5.75 Å². The summed E-state index contributed by atoms with van der Waals surface area (Å²) < 4.78 is 7.54. The van der Waals surface area contributed by atoms with Crippen LogP contribution in [0.15, 0.2) is 12.1 Å². The van der Waals surface area contributed by atoms with Gasteiger partial charge >= 0.3 is 157 Å².